The number of ether oxygens (including phenoxy) is 3. The summed E-state index contributed by atoms with van der Waals surface area (Å²) in [7, 11) is 0. The number of carbonyl (C=O) groups excluding carboxylic acids is 1. The van der Waals surface area contributed by atoms with Crippen LogP contribution in [-0.2, 0) is 16.1 Å². The standard InChI is InChI=1S/C25H19FINO4/c1-2-30-22-14-17(12-20(27)23(22)31-15-16-8-4-3-5-9-16)13-21-25(29)32-24(28-21)18-10-6-7-11-19(18)26/h3-14H,2,15H2,1H3/b21-13-. The SMILES string of the molecule is CCOc1cc(/C=C2\N=C(c3ccccc3F)OC2=O)cc(I)c1OCc1ccccc1. The highest BCUT2D eigenvalue weighted by Crippen LogP contribution is 2.36. The average Bonchev–Trinajstić information content (AvgIpc) is 3.14. The van der Waals surface area contributed by atoms with Gasteiger partial charge in [0.15, 0.2) is 17.2 Å². The van der Waals surface area contributed by atoms with E-state index in [1.54, 1.807) is 24.3 Å². The first-order valence-electron chi connectivity index (χ1n) is 9.95. The van der Waals surface area contributed by atoms with Gasteiger partial charge in [0, 0.05) is 0 Å². The first-order valence-corrected chi connectivity index (χ1v) is 11.0. The van der Waals surface area contributed by atoms with Gasteiger partial charge in [0.05, 0.1) is 15.7 Å². The molecule has 0 atom stereocenters. The molecule has 7 heteroatoms. The molecule has 1 aliphatic rings. The lowest BCUT2D eigenvalue weighted by molar-refractivity contribution is -0.129. The summed E-state index contributed by atoms with van der Waals surface area (Å²) in [5, 5.41) is 0. The highest BCUT2D eigenvalue weighted by atomic mass is 127. The van der Waals surface area contributed by atoms with E-state index in [1.807, 2.05) is 43.3 Å². The number of rotatable bonds is 7. The van der Waals surface area contributed by atoms with Crippen LogP contribution in [0.3, 0.4) is 0 Å². The summed E-state index contributed by atoms with van der Waals surface area (Å²) in [6.45, 7) is 2.74. The minimum atomic E-state index is -0.638. The molecular weight excluding hydrogens is 524 g/mol. The van der Waals surface area contributed by atoms with Crippen LogP contribution in [0, 0.1) is 9.39 Å². The lowest BCUT2D eigenvalue weighted by Gasteiger charge is -2.15. The van der Waals surface area contributed by atoms with Crippen molar-refractivity contribution in [3.8, 4) is 11.5 Å². The Kier molecular flexibility index (Phi) is 6.84. The number of hydrogen-bond acceptors (Lipinski definition) is 5. The molecular formula is C25H19FINO4. The number of carbonyl (C=O) groups is 1. The molecule has 0 unspecified atom stereocenters. The van der Waals surface area contributed by atoms with Crippen molar-refractivity contribution in [3.63, 3.8) is 0 Å². The number of cyclic esters (lactones) is 1. The number of halogens is 2. The lowest BCUT2D eigenvalue weighted by Crippen LogP contribution is -2.07. The second-order valence-electron chi connectivity index (χ2n) is 6.85. The van der Waals surface area contributed by atoms with E-state index in [2.05, 4.69) is 27.6 Å². The van der Waals surface area contributed by atoms with E-state index >= 15 is 0 Å². The minimum Gasteiger partial charge on any atom is -0.490 e. The zero-order valence-electron chi connectivity index (χ0n) is 17.2. The van der Waals surface area contributed by atoms with Crippen LogP contribution in [0.5, 0.6) is 11.5 Å². The molecule has 0 radical (unpaired) electrons. The Morgan fingerprint density at radius 2 is 1.81 bits per heavy atom. The Hall–Kier alpha value is -3.20. The third-order valence-corrected chi connectivity index (χ3v) is 5.39. The molecule has 0 aromatic heterocycles. The largest absolute Gasteiger partial charge is 0.490 e. The molecule has 5 nitrogen and oxygen atoms in total. The van der Waals surface area contributed by atoms with E-state index in [0.29, 0.717) is 30.3 Å². The molecule has 0 aliphatic carbocycles. The Bertz CT molecular complexity index is 1210. The molecule has 0 bridgehead atoms. The van der Waals surface area contributed by atoms with Crippen LogP contribution in [0.2, 0.25) is 0 Å². The van der Waals surface area contributed by atoms with E-state index in [-0.39, 0.29) is 17.2 Å². The number of benzene rings is 3. The lowest BCUT2D eigenvalue weighted by atomic mass is 10.1. The smallest absolute Gasteiger partial charge is 0.363 e. The van der Waals surface area contributed by atoms with Crippen molar-refractivity contribution >= 4 is 40.5 Å². The first kappa shape index (κ1) is 22.0. The molecule has 32 heavy (non-hydrogen) atoms. The maximum absolute atomic E-state index is 14.0. The van der Waals surface area contributed by atoms with Crippen molar-refractivity contribution in [2.45, 2.75) is 13.5 Å². The molecule has 0 N–H and O–H groups in total. The molecule has 3 aromatic rings. The maximum atomic E-state index is 14.0. The summed E-state index contributed by atoms with van der Waals surface area (Å²) < 4.78 is 31.8. The average molecular weight is 543 g/mol. The van der Waals surface area contributed by atoms with Crippen molar-refractivity contribution < 1.29 is 23.4 Å². The van der Waals surface area contributed by atoms with Crippen LogP contribution in [-0.4, -0.2) is 18.5 Å². The van der Waals surface area contributed by atoms with Crippen LogP contribution in [0.4, 0.5) is 4.39 Å². The zero-order chi connectivity index (χ0) is 22.5. The van der Waals surface area contributed by atoms with E-state index in [9.17, 15) is 9.18 Å². The molecule has 162 valence electrons. The minimum absolute atomic E-state index is 0.0538. The normalized spacial score (nSPS) is 14.3. The van der Waals surface area contributed by atoms with E-state index in [0.717, 1.165) is 9.13 Å². The third-order valence-electron chi connectivity index (χ3n) is 4.59. The predicted molar refractivity (Wildman–Crippen MR) is 128 cm³/mol. The Morgan fingerprint density at radius 3 is 2.56 bits per heavy atom. The van der Waals surface area contributed by atoms with Gasteiger partial charge in [-0.05, 0) is 71.0 Å². The highest BCUT2D eigenvalue weighted by Gasteiger charge is 2.26. The van der Waals surface area contributed by atoms with Crippen LogP contribution in [0.1, 0.15) is 23.6 Å². The topological polar surface area (TPSA) is 57.1 Å². The molecule has 3 aromatic carbocycles. The number of aliphatic imine (C=N–C) groups is 1. The fourth-order valence-corrected chi connectivity index (χ4v) is 3.90. The van der Waals surface area contributed by atoms with Crippen molar-refractivity contribution in [3.05, 3.63) is 98.5 Å². The van der Waals surface area contributed by atoms with Crippen LogP contribution in [0.15, 0.2) is 77.4 Å². The van der Waals surface area contributed by atoms with Gasteiger partial charge in [-0.2, -0.15) is 0 Å². The molecule has 0 fully saturated rings. The second-order valence-corrected chi connectivity index (χ2v) is 8.02. The molecule has 4 rings (SSSR count). The highest BCUT2D eigenvalue weighted by molar-refractivity contribution is 14.1. The van der Waals surface area contributed by atoms with E-state index < -0.39 is 11.8 Å². The van der Waals surface area contributed by atoms with Gasteiger partial charge in [-0.15, -0.1) is 0 Å². The Morgan fingerprint density at radius 1 is 1.06 bits per heavy atom. The quantitative estimate of drug-likeness (QED) is 0.216. The van der Waals surface area contributed by atoms with Gasteiger partial charge in [0.1, 0.15) is 12.4 Å². The third kappa shape index (κ3) is 4.99. The maximum Gasteiger partial charge on any atom is 0.363 e. The second kappa shape index (κ2) is 9.95. The predicted octanol–water partition coefficient (Wildman–Crippen LogP) is 5.75. The monoisotopic (exact) mass is 543 g/mol. The van der Waals surface area contributed by atoms with Gasteiger partial charge in [-0.1, -0.05) is 42.5 Å². The molecule has 0 saturated heterocycles. The van der Waals surface area contributed by atoms with Gasteiger partial charge in [-0.3, -0.25) is 0 Å². The zero-order valence-corrected chi connectivity index (χ0v) is 19.3. The summed E-state index contributed by atoms with van der Waals surface area (Å²) in [6, 6.07) is 19.5. The molecule has 0 spiro atoms. The molecule has 0 saturated carbocycles. The summed E-state index contributed by atoms with van der Waals surface area (Å²) in [6.07, 6.45) is 1.59. The van der Waals surface area contributed by atoms with Gasteiger partial charge in [-0.25, -0.2) is 14.2 Å². The first-order chi connectivity index (χ1) is 15.5. The van der Waals surface area contributed by atoms with Crippen LogP contribution in [0.25, 0.3) is 6.08 Å². The summed E-state index contributed by atoms with van der Waals surface area (Å²) in [5.74, 6) is -0.00855. The number of hydrogen-bond donors (Lipinski definition) is 0. The summed E-state index contributed by atoms with van der Waals surface area (Å²) in [5.41, 5.74) is 1.95. The number of esters is 1. The molecule has 1 aliphatic heterocycles. The number of nitrogens with zero attached hydrogens (tertiary/aromatic N) is 1. The molecule has 0 amide bonds. The van der Waals surface area contributed by atoms with Gasteiger partial charge >= 0.3 is 5.97 Å². The Labute approximate surface area is 198 Å². The van der Waals surface area contributed by atoms with Gasteiger partial charge < -0.3 is 14.2 Å². The fraction of sp³-hybridized carbons (Fsp3) is 0.120. The van der Waals surface area contributed by atoms with Crippen LogP contribution >= 0.6 is 22.6 Å². The van der Waals surface area contributed by atoms with Crippen molar-refractivity contribution in [2.24, 2.45) is 4.99 Å². The summed E-state index contributed by atoms with van der Waals surface area (Å²) in [4.78, 5) is 16.5. The van der Waals surface area contributed by atoms with Crippen molar-refractivity contribution in [2.75, 3.05) is 6.61 Å². The van der Waals surface area contributed by atoms with Crippen LogP contribution < -0.4 is 9.47 Å². The van der Waals surface area contributed by atoms with E-state index in [4.69, 9.17) is 14.2 Å². The summed E-state index contributed by atoms with van der Waals surface area (Å²) >= 11 is 2.17. The fourth-order valence-electron chi connectivity index (χ4n) is 3.12. The van der Waals surface area contributed by atoms with E-state index in [1.165, 1.54) is 12.1 Å². The van der Waals surface area contributed by atoms with Gasteiger partial charge in [0.2, 0.25) is 5.90 Å². The van der Waals surface area contributed by atoms with Crippen molar-refractivity contribution in [1.29, 1.82) is 0 Å². The Balaban J connectivity index is 1.63. The molecule has 1 heterocycles. The van der Waals surface area contributed by atoms with Crippen molar-refractivity contribution in [1.82, 2.24) is 0 Å². The van der Waals surface area contributed by atoms with Gasteiger partial charge in [0.25, 0.3) is 0 Å².